The van der Waals surface area contributed by atoms with E-state index in [9.17, 15) is 4.79 Å². The van der Waals surface area contributed by atoms with Gasteiger partial charge >= 0.3 is 0 Å². The second kappa shape index (κ2) is 13.4. The minimum atomic E-state index is -0.0728. The van der Waals surface area contributed by atoms with Gasteiger partial charge in [-0.1, -0.05) is 74.5 Å². The summed E-state index contributed by atoms with van der Waals surface area (Å²) < 4.78 is 8.44. The molecular weight excluding hydrogens is 458 g/mol. The molecule has 0 unspecified atom stereocenters. The highest BCUT2D eigenvalue weighted by Gasteiger charge is 2.11. The quantitative estimate of drug-likeness (QED) is 0.164. The second-order valence-corrected chi connectivity index (χ2v) is 9.56. The topological polar surface area (TPSA) is 56.1 Å². The number of hydrogen-bond donors (Lipinski definition) is 1. The van der Waals surface area contributed by atoms with Gasteiger partial charge in [-0.3, -0.25) is 4.79 Å². The van der Waals surface area contributed by atoms with Crippen LogP contribution in [0.2, 0.25) is 0 Å². The van der Waals surface area contributed by atoms with Gasteiger partial charge in [0.1, 0.15) is 11.6 Å². The molecule has 0 atom stereocenters. The lowest BCUT2D eigenvalue weighted by molar-refractivity contribution is -0.116. The molecule has 1 amide bonds. The molecule has 0 bridgehead atoms. The maximum absolute atomic E-state index is 12.2. The molecule has 1 aromatic heterocycles. The summed E-state index contributed by atoms with van der Waals surface area (Å²) in [7, 11) is 0. The summed E-state index contributed by atoms with van der Waals surface area (Å²) in [5.41, 5.74) is 4.46. The normalized spacial score (nSPS) is 11.4. The van der Waals surface area contributed by atoms with Crippen molar-refractivity contribution in [3.63, 3.8) is 0 Å². The Kier molecular flexibility index (Phi) is 9.53. The molecule has 0 aliphatic carbocycles. The fourth-order valence-electron chi connectivity index (χ4n) is 4.46. The maximum atomic E-state index is 12.2. The SMILES string of the molecule is CC(C)c1ccccc1OCCCCn1c(CCCNC(=O)/C=C\c2ccccc2)nc2ccccc21. The number of rotatable bonds is 13. The van der Waals surface area contributed by atoms with Crippen LogP contribution in [0.25, 0.3) is 17.1 Å². The van der Waals surface area contributed by atoms with Crippen molar-refractivity contribution in [3.05, 3.63) is 102 Å². The first kappa shape index (κ1) is 26.2. The van der Waals surface area contributed by atoms with E-state index in [1.54, 1.807) is 6.08 Å². The zero-order chi connectivity index (χ0) is 25.9. The van der Waals surface area contributed by atoms with E-state index < -0.39 is 0 Å². The lowest BCUT2D eigenvalue weighted by atomic mass is 10.0. The van der Waals surface area contributed by atoms with Crippen molar-refractivity contribution in [2.24, 2.45) is 0 Å². The van der Waals surface area contributed by atoms with Gasteiger partial charge in [-0.2, -0.15) is 0 Å². The number of hydrogen-bond acceptors (Lipinski definition) is 3. The number of ether oxygens (including phenoxy) is 1. The zero-order valence-corrected chi connectivity index (χ0v) is 21.9. The molecule has 37 heavy (non-hydrogen) atoms. The lowest BCUT2D eigenvalue weighted by Gasteiger charge is -2.14. The Morgan fingerprint density at radius 3 is 2.54 bits per heavy atom. The summed E-state index contributed by atoms with van der Waals surface area (Å²) in [4.78, 5) is 17.1. The van der Waals surface area contributed by atoms with Crippen molar-refractivity contribution >= 4 is 23.0 Å². The molecule has 4 aromatic rings. The standard InChI is InChI=1S/C32H37N3O2/c1-25(2)27-15-6-9-18-30(27)37-24-11-10-23-35-29-17-8-7-16-28(29)34-31(35)19-12-22-33-32(36)21-20-26-13-4-3-5-14-26/h3-9,13-18,20-21,25H,10-12,19,22-24H2,1-2H3,(H,33,36)/b21-20-. The van der Waals surface area contributed by atoms with Crippen LogP contribution in [-0.4, -0.2) is 28.6 Å². The molecule has 0 aliphatic heterocycles. The molecule has 0 saturated heterocycles. The number of fused-ring (bicyclic) bond motifs is 1. The molecule has 0 spiro atoms. The first-order valence-electron chi connectivity index (χ1n) is 13.3. The number of nitrogens with one attached hydrogen (secondary N) is 1. The average Bonchev–Trinajstić information content (AvgIpc) is 3.27. The van der Waals surface area contributed by atoms with Crippen molar-refractivity contribution in [2.45, 2.75) is 52.0 Å². The van der Waals surface area contributed by atoms with Crippen LogP contribution in [0, 0.1) is 0 Å². The highest BCUT2D eigenvalue weighted by molar-refractivity contribution is 5.91. The van der Waals surface area contributed by atoms with E-state index in [0.29, 0.717) is 19.1 Å². The van der Waals surface area contributed by atoms with Gasteiger partial charge in [0.2, 0.25) is 5.91 Å². The van der Waals surface area contributed by atoms with E-state index in [4.69, 9.17) is 9.72 Å². The number of para-hydroxylation sites is 3. The van der Waals surface area contributed by atoms with E-state index in [-0.39, 0.29) is 5.91 Å². The number of aryl methyl sites for hydroxylation is 2. The third-order valence-corrected chi connectivity index (χ3v) is 6.41. The van der Waals surface area contributed by atoms with Crippen LogP contribution in [0.3, 0.4) is 0 Å². The molecule has 0 radical (unpaired) electrons. The summed E-state index contributed by atoms with van der Waals surface area (Å²) in [5, 5.41) is 2.98. The number of carbonyl (C=O) groups excluding carboxylic acids is 1. The van der Waals surface area contributed by atoms with E-state index in [1.807, 2.05) is 48.5 Å². The number of unbranched alkanes of at least 4 members (excludes halogenated alkanes) is 1. The third-order valence-electron chi connectivity index (χ3n) is 6.41. The second-order valence-electron chi connectivity index (χ2n) is 9.56. The fraction of sp³-hybridized carbons (Fsp3) is 0.312. The van der Waals surface area contributed by atoms with Gasteiger partial charge in [-0.05, 0) is 60.6 Å². The Morgan fingerprint density at radius 2 is 1.70 bits per heavy atom. The van der Waals surface area contributed by atoms with E-state index in [0.717, 1.165) is 54.9 Å². The maximum Gasteiger partial charge on any atom is 0.243 e. The summed E-state index contributed by atoms with van der Waals surface area (Å²) in [6.45, 7) is 6.61. The largest absolute Gasteiger partial charge is 0.493 e. The summed E-state index contributed by atoms with van der Waals surface area (Å²) >= 11 is 0. The van der Waals surface area contributed by atoms with Crippen molar-refractivity contribution in [3.8, 4) is 5.75 Å². The molecule has 5 nitrogen and oxygen atoms in total. The van der Waals surface area contributed by atoms with Crippen LogP contribution in [0.1, 0.15) is 56.0 Å². The highest BCUT2D eigenvalue weighted by Crippen LogP contribution is 2.26. The van der Waals surface area contributed by atoms with Gasteiger partial charge in [0.25, 0.3) is 0 Å². The number of nitrogens with zero attached hydrogens (tertiary/aromatic N) is 2. The van der Waals surface area contributed by atoms with Crippen LogP contribution < -0.4 is 10.1 Å². The zero-order valence-electron chi connectivity index (χ0n) is 21.9. The van der Waals surface area contributed by atoms with Gasteiger partial charge in [0.05, 0.1) is 17.6 Å². The Bertz CT molecular complexity index is 1310. The molecule has 0 aliphatic rings. The number of imidazole rings is 1. The van der Waals surface area contributed by atoms with Gasteiger partial charge in [-0.15, -0.1) is 0 Å². The van der Waals surface area contributed by atoms with Crippen LogP contribution in [0.15, 0.2) is 84.9 Å². The summed E-state index contributed by atoms with van der Waals surface area (Å²) in [6, 6.07) is 26.5. The Labute approximate surface area is 220 Å². The fourth-order valence-corrected chi connectivity index (χ4v) is 4.46. The average molecular weight is 496 g/mol. The Balaban J connectivity index is 1.27. The smallest absolute Gasteiger partial charge is 0.243 e. The molecule has 1 heterocycles. The van der Waals surface area contributed by atoms with Gasteiger partial charge < -0.3 is 14.6 Å². The van der Waals surface area contributed by atoms with E-state index in [2.05, 4.69) is 60.1 Å². The van der Waals surface area contributed by atoms with Gasteiger partial charge in [-0.25, -0.2) is 4.98 Å². The number of benzene rings is 3. The molecule has 192 valence electrons. The van der Waals surface area contributed by atoms with Gasteiger partial charge in [0, 0.05) is 25.6 Å². The molecule has 0 fully saturated rings. The monoisotopic (exact) mass is 495 g/mol. The van der Waals surface area contributed by atoms with Crippen molar-refractivity contribution < 1.29 is 9.53 Å². The number of aromatic nitrogens is 2. The number of carbonyl (C=O) groups is 1. The van der Waals surface area contributed by atoms with Crippen molar-refractivity contribution in [1.82, 2.24) is 14.9 Å². The summed E-state index contributed by atoms with van der Waals surface area (Å²) in [5.74, 6) is 2.44. The van der Waals surface area contributed by atoms with Crippen LogP contribution >= 0.6 is 0 Å². The minimum Gasteiger partial charge on any atom is -0.493 e. The van der Waals surface area contributed by atoms with E-state index in [1.165, 1.54) is 11.1 Å². The lowest BCUT2D eigenvalue weighted by Crippen LogP contribution is -2.22. The first-order chi connectivity index (χ1) is 18.1. The molecule has 3 aromatic carbocycles. The number of amides is 1. The highest BCUT2D eigenvalue weighted by atomic mass is 16.5. The molecule has 4 rings (SSSR count). The summed E-state index contributed by atoms with van der Waals surface area (Å²) in [6.07, 6.45) is 7.06. The Hall–Kier alpha value is -3.86. The Morgan fingerprint density at radius 1 is 0.946 bits per heavy atom. The predicted molar refractivity (Wildman–Crippen MR) is 152 cm³/mol. The molecular formula is C32H37N3O2. The molecule has 1 N–H and O–H groups in total. The molecule has 5 heteroatoms. The van der Waals surface area contributed by atoms with Crippen LogP contribution in [-0.2, 0) is 17.8 Å². The minimum absolute atomic E-state index is 0.0728. The first-order valence-corrected chi connectivity index (χ1v) is 13.3. The van der Waals surface area contributed by atoms with E-state index >= 15 is 0 Å². The third kappa shape index (κ3) is 7.56. The van der Waals surface area contributed by atoms with Crippen LogP contribution in [0.5, 0.6) is 5.75 Å². The predicted octanol–water partition coefficient (Wildman–Crippen LogP) is 6.78. The van der Waals surface area contributed by atoms with Crippen molar-refractivity contribution in [1.29, 1.82) is 0 Å². The van der Waals surface area contributed by atoms with Crippen LogP contribution in [0.4, 0.5) is 0 Å². The van der Waals surface area contributed by atoms with Crippen molar-refractivity contribution in [2.75, 3.05) is 13.2 Å². The molecule has 0 saturated carbocycles. The van der Waals surface area contributed by atoms with Gasteiger partial charge in [0.15, 0.2) is 0 Å².